The Morgan fingerprint density at radius 2 is 2.09 bits per heavy atom. The Bertz CT molecular complexity index is 574. The fraction of sp³-hybridized carbons (Fsp3) is 0.400. The number of hydrogen-bond donors (Lipinski definition) is 3. The summed E-state index contributed by atoms with van der Waals surface area (Å²) in [6, 6.07) is 6.50. The number of benzene rings is 1. The van der Waals surface area contributed by atoms with Gasteiger partial charge in [0.1, 0.15) is 11.8 Å². The number of urea groups is 1. The number of para-hydroxylation sites is 1. The fourth-order valence-electron chi connectivity index (χ4n) is 2.26. The van der Waals surface area contributed by atoms with Gasteiger partial charge in [-0.25, -0.2) is 4.79 Å². The maximum absolute atomic E-state index is 11.8. The van der Waals surface area contributed by atoms with Crippen molar-refractivity contribution in [3.63, 3.8) is 0 Å². The van der Waals surface area contributed by atoms with Crippen molar-refractivity contribution in [1.82, 2.24) is 16.0 Å². The highest BCUT2D eigenvalue weighted by molar-refractivity contribution is 6.04. The Morgan fingerprint density at radius 1 is 1.32 bits per heavy atom. The van der Waals surface area contributed by atoms with Crippen LogP contribution in [0.15, 0.2) is 24.3 Å². The van der Waals surface area contributed by atoms with Gasteiger partial charge in [0.15, 0.2) is 0 Å². The number of carbonyl (C=O) groups excluding carboxylic acids is 3. The molecule has 0 aromatic heterocycles. The third kappa shape index (κ3) is 4.21. The number of carbonyl (C=O) groups is 3. The molecule has 1 aliphatic rings. The second-order valence-corrected chi connectivity index (χ2v) is 4.97. The van der Waals surface area contributed by atoms with Gasteiger partial charge in [-0.3, -0.25) is 14.9 Å². The number of ether oxygens (including phenoxy) is 1. The lowest BCUT2D eigenvalue weighted by molar-refractivity contribution is -0.122. The second kappa shape index (κ2) is 7.44. The molecule has 3 N–H and O–H groups in total. The number of imide groups is 1. The molecular formula is C15H19N3O4. The van der Waals surface area contributed by atoms with Crippen LogP contribution in [-0.4, -0.2) is 37.5 Å². The minimum absolute atomic E-state index is 0.101. The molecule has 1 aromatic carbocycles. The minimum Gasteiger partial charge on any atom is -0.496 e. The summed E-state index contributed by atoms with van der Waals surface area (Å²) in [6.45, 7) is 0.336. The zero-order valence-electron chi connectivity index (χ0n) is 12.3. The molecular weight excluding hydrogens is 286 g/mol. The van der Waals surface area contributed by atoms with Crippen LogP contribution in [-0.2, 0) is 16.0 Å². The predicted molar refractivity (Wildman–Crippen MR) is 79.4 cm³/mol. The van der Waals surface area contributed by atoms with E-state index in [1.807, 2.05) is 24.3 Å². The lowest BCUT2D eigenvalue weighted by atomic mass is 10.1. The summed E-state index contributed by atoms with van der Waals surface area (Å²) in [5, 5.41) is 7.37. The van der Waals surface area contributed by atoms with Gasteiger partial charge in [-0.05, 0) is 24.5 Å². The lowest BCUT2D eigenvalue weighted by Crippen LogP contribution is -2.34. The Labute approximate surface area is 128 Å². The first-order chi connectivity index (χ1) is 10.6. The summed E-state index contributed by atoms with van der Waals surface area (Å²) in [5.74, 6) is 0.310. The van der Waals surface area contributed by atoms with Crippen molar-refractivity contribution < 1.29 is 19.1 Å². The van der Waals surface area contributed by atoms with Crippen LogP contribution in [0, 0.1) is 0 Å². The minimum atomic E-state index is -0.568. The van der Waals surface area contributed by atoms with E-state index in [1.165, 1.54) is 0 Å². The van der Waals surface area contributed by atoms with Crippen LogP contribution in [0.4, 0.5) is 4.79 Å². The summed E-state index contributed by atoms with van der Waals surface area (Å²) in [4.78, 5) is 34.1. The highest BCUT2D eigenvalue weighted by Gasteiger charge is 2.28. The van der Waals surface area contributed by atoms with Crippen molar-refractivity contribution in [2.24, 2.45) is 0 Å². The summed E-state index contributed by atoms with van der Waals surface area (Å²) in [7, 11) is 1.60. The molecule has 0 bridgehead atoms. The van der Waals surface area contributed by atoms with E-state index in [0.29, 0.717) is 25.8 Å². The van der Waals surface area contributed by atoms with E-state index in [1.54, 1.807) is 7.11 Å². The number of hydrogen-bond acceptors (Lipinski definition) is 4. The topological polar surface area (TPSA) is 96.5 Å². The van der Waals surface area contributed by atoms with Crippen LogP contribution in [0.2, 0.25) is 0 Å². The van der Waals surface area contributed by atoms with E-state index in [9.17, 15) is 14.4 Å². The van der Waals surface area contributed by atoms with Crippen molar-refractivity contribution in [1.29, 1.82) is 0 Å². The molecule has 0 spiro atoms. The van der Waals surface area contributed by atoms with Crippen molar-refractivity contribution in [2.75, 3.05) is 13.7 Å². The molecule has 4 amide bonds. The molecule has 2 rings (SSSR count). The number of rotatable bonds is 7. The van der Waals surface area contributed by atoms with Crippen LogP contribution in [0.3, 0.4) is 0 Å². The third-order valence-corrected chi connectivity index (χ3v) is 3.43. The molecule has 7 heteroatoms. The van der Waals surface area contributed by atoms with Crippen molar-refractivity contribution in [3.8, 4) is 5.75 Å². The molecule has 0 aliphatic carbocycles. The molecule has 1 aliphatic heterocycles. The molecule has 1 aromatic rings. The van der Waals surface area contributed by atoms with Crippen molar-refractivity contribution >= 4 is 17.8 Å². The first kappa shape index (κ1) is 15.8. The average molecular weight is 305 g/mol. The van der Waals surface area contributed by atoms with E-state index in [4.69, 9.17) is 4.74 Å². The molecule has 1 fully saturated rings. The summed E-state index contributed by atoms with van der Waals surface area (Å²) in [5.41, 5.74) is 0.975. The van der Waals surface area contributed by atoms with Crippen molar-refractivity contribution in [2.45, 2.75) is 25.3 Å². The summed E-state index contributed by atoms with van der Waals surface area (Å²) in [6.07, 6.45) is 1.29. The van der Waals surface area contributed by atoms with Gasteiger partial charge in [0.25, 0.3) is 5.91 Å². The Balaban J connectivity index is 1.70. The number of nitrogens with one attached hydrogen (secondary N) is 3. The number of amides is 4. The fourth-order valence-corrected chi connectivity index (χ4v) is 2.26. The largest absolute Gasteiger partial charge is 0.496 e. The highest BCUT2D eigenvalue weighted by Crippen LogP contribution is 2.18. The van der Waals surface area contributed by atoms with Crippen LogP contribution in [0.25, 0.3) is 0 Å². The van der Waals surface area contributed by atoms with E-state index < -0.39 is 12.1 Å². The van der Waals surface area contributed by atoms with Crippen LogP contribution in [0.5, 0.6) is 5.75 Å². The van der Waals surface area contributed by atoms with Crippen LogP contribution in [0.1, 0.15) is 18.4 Å². The van der Waals surface area contributed by atoms with Crippen LogP contribution >= 0.6 is 0 Å². The van der Waals surface area contributed by atoms with Gasteiger partial charge in [0, 0.05) is 13.0 Å². The maximum atomic E-state index is 11.8. The van der Waals surface area contributed by atoms with Gasteiger partial charge in [-0.1, -0.05) is 18.2 Å². The van der Waals surface area contributed by atoms with E-state index in [2.05, 4.69) is 16.0 Å². The van der Waals surface area contributed by atoms with Gasteiger partial charge in [-0.15, -0.1) is 0 Å². The third-order valence-electron chi connectivity index (χ3n) is 3.43. The molecule has 1 saturated heterocycles. The predicted octanol–water partition coefficient (Wildman–Crippen LogP) is 0.342. The van der Waals surface area contributed by atoms with E-state index in [0.717, 1.165) is 11.3 Å². The van der Waals surface area contributed by atoms with Gasteiger partial charge in [0.2, 0.25) is 5.91 Å². The smallest absolute Gasteiger partial charge is 0.322 e. The molecule has 7 nitrogen and oxygen atoms in total. The first-order valence-corrected chi connectivity index (χ1v) is 7.10. The molecule has 1 atom stereocenters. The van der Waals surface area contributed by atoms with Gasteiger partial charge in [-0.2, -0.15) is 0 Å². The monoisotopic (exact) mass is 305 g/mol. The maximum Gasteiger partial charge on any atom is 0.322 e. The Morgan fingerprint density at radius 3 is 2.77 bits per heavy atom. The summed E-state index contributed by atoms with van der Waals surface area (Å²) < 4.78 is 5.23. The number of aryl methyl sites for hydroxylation is 1. The highest BCUT2D eigenvalue weighted by atomic mass is 16.5. The molecule has 0 saturated carbocycles. The first-order valence-electron chi connectivity index (χ1n) is 7.10. The molecule has 22 heavy (non-hydrogen) atoms. The van der Waals surface area contributed by atoms with Crippen LogP contribution < -0.4 is 20.7 Å². The Hall–Kier alpha value is -2.57. The summed E-state index contributed by atoms with van der Waals surface area (Å²) >= 11 is 0. The number of methoxy groups -OCH3 is 1. The van der Waals surface area contributed by atoms with Gasteiger partial charge >= 0.3 is 6.03 Å². The average Bonchev–Trinajstić information content (AvgIpc) is 2.83. The van der Waals surface area contributed by atoms with E-state index >= 15 is 0 Å². The Kier molecular flexibility index (Phi) is 5.35. The quantitative estimate of drug-likeness (QED) is 0.633. The van der Waals surface area contributed by atoms with Crippen molar-refractivity contribution in [3.05, 3.63) is 29.8 Å². The molecule has 1 unspecified atom stereocenters. The normalized spacial score (nSPS) is 16.9. The lowest BCUT2D eigenvalue weighted by Gasteiger charge is -2.10. The molecule has 0 radical (unpaired) electrons. The standard InChI is InChI=1S/C15H19N3O4/c1-22-12-5-3-2-4-10(12)6-7-13(19)16-9-8-11-14(20)18-15(21)17-11/h2-5,11H,6-9H2,1H3,(H,16,19)(H2,17,18,20,21). The SMILES string of the molecule is COc1ccccc1CCC(=O)NCCC1NC(=O)NC1=O. The van der Waals surface area contributed by atoms with Gasteiger partial charge < -0.3 is 15.4 Å². The second-order valence-electron chi connectivity index (χ2n) is 4.97. The van der Waals surface area contributed by atoms with Gasteiger partial charge in [0.05, 0.1) is 7.11 Å². The van der Waals surface area contributed by atoms with E-state index in [-0.39, 0.29) is 11.8 Å². The molecule has 118 valence electrons. The zero-order chi connectivity index (χ0) is 15.9. The zero-order valence-corrected chi connectivity index (χ0v) is 12.3. The molecule has 1 heterocycles.